The highest BCUT2D eigenvalue weighted by atomic mass is 16.1. The van der Waals surface area contributed by atoms with E-state index < -0.39 is 0 Å². The predicted octanol–water partition coefficient (Wildman–Crippen LogP) is 2.17. The van der Waals surface area contributed by atoms with Crippen LogP contribution >= 0.6 is 0 Å². The molecule has 0 saturated heterocycles. The van der Waals surface area contributed by atoms with Crippen molar-refractivity contribution in [2.24, 2.45) is 7.05 Å². The van der Waals surface area contributed by atoms with E-state index in [9.17, 15) is 4.79 Å². The van der Waals surface area contributed by atoms with Crippen LogP contribution in [-0.4, -0.2) is 18.9 Å². The molecule has 0 aliphatic carbocycles. The average molecular weight is 284 g/mol. The summed E-state index contributed by atoms with van der Waals surface area (Å²) in [4.78, 5) is 12.5. The molecular formula is C16H20N4O. The van der Waals surface area contributed by atoms with Crippen molar-refractivity contribution >= 4 is 11.0 Å². The fourth-order valence-electron chi connectivity index (χ4n) is 2.77. The zero-order valence-corrected chi connectivity index (χ0v) is 12.7. The van der Waals surface area contributed by atoms with Gasteiger partial charge in [-0.05, 0) is 31.5 Å². The molecule has 0 N–H and O–H groups in total. The third-order valence-electron chi connectivity index (χ3n) is 3.95. The minimum atomic E-state index is 0.0121. The monoisotopic (exact) mass is 284 g/mol. The first-order valence-electron chi connectivity index (χ1n) is 7.35. The van der Waals surface area contributed by atoms with Crippen molar-refractivity contribution in [2.75, 3.05) is 0 Å². The van der Waals surface area contributed by atoms with Gasteiger partial charge in [0, 0.05) is 13.6 Å². The van der Waals surface area contributed by atoms with E-state index in [-0.39, 0.29) is 5.69 Å². The Labute approximate surface area is 123 Å². The lowest BCUT2D eigenvalue weighted by Gasteiger charge is -2.05. The Balaban J connectivity index is 2.12. The standard InChI is InChI=1S/C16H20N4O/c1-4-12-10-13(20(5-2)17-12)11-19-15-9-7-6-8-14(15)18(3)16(19)21/h6-10H,4-5,11H2,1-3H3. The molecule has 0 aliphatic rings. The molecule has 2 heterocycles. The second kappa shape index (κ2) is 5.24. The van der Waals surface area contributed by atoms with E-state index >= 15 is 0 Å². The minimum absolute atomic E-state index is 0.0121. The van der Waals surface area contributed by atoms with Crippen LogP contribution in [0.2, 0.25) is 0 Å². The Morgan fingerprint density at radius 3 is 2.52 bits per heavy atom. The van der Waals surface area contributed by atoms with Gasteiger partial charge in [0.1, 0.15) is 0 Å². The zero-order chi connectivity index (χ0) is 15.0. The summed E-state index contributed by atoms with van der Waals surface area (Å²) < 4.78 is 5.49. The summed E-state index contributed by atoms with van der Waals surface area (Å²) in [5.41, 5.74) is 4.08. The zero-order valence-electron chi connectivity index (χ0n) is 12.7. The maximum absolute atomic E-state index is 12.5. The van der Waals surface area contributed by atoms with Crippen LogP contribution in [0.5, 0.6) is 0 Å². The second-order valence-corrected chi connectivity index (χ2v) is 5.21. The van der Waals surface area contributed by atoms with E-state index in [1.807, 2.05) is 40.6 Å². The van der Waals surface area contributed by atoms with Gasteiger partial charge < -0.3 is 0 Å². The average Bonchev–Trinajstić information content (AvgIpc) is 3.02. The van der Waals surface area contributed by atoms with Crippen LogP contribution in [-0.2, 0) is 26.6 Å². The second-order valence-electron chi connectivity index (χ2n) is 5.21. The van der Waals surface area contributed by atoms with Crippen LogP contribution in [0.25, 0.3) is 11.0 Å². The van der Waals surface area contributed by atoms with Gasteiger partial charge in [0.25, 0.3) is 0 Å². The fraction of sp³-hybridized carbons (Fsp3) is 0.375. The van der Waals surface area contributed by atoms with Crippen molar-refractivity contribution in [2.45, 2.75) is 33.4 Å². The molecule has 2 aromatic heterocycles. The molecule has 5 heteroatoms. The van der Waals surface area contributed by atoms with Gasteiger partial charge in [0.15, 0.2) is 0 Å². The van der Waals surface area contributed by atoms with Crippen molar-refractivity contribution in [3.8, 4) is 0 Å². The molecule has 110 valence electrons. The van der Waals surface area contributed by atoms with Gasteiger partial charge in [-0.1, -0.05) is 19.1 Å². The van der Waals surface area contributed by atoms with Crippen LogP contribution in [0.4, 0.5) is 0 Å². The number of hydrogen-bond acceptors (Lipinski definition) is 2. The molecule has 21 heavy (non-hydrogen) atoms. The SMILES string of the molecule is CCc1cc(Cn2c(=O)n(C)c3ccccc32)n(CC)n1. The molecule has 0 bridgehead atoms. The van der Waals surface area contributed by atoms with Gasteiger partial charge in [-0.25, -0.2) is 4.79 Å². The Bertz CT molecular complexity index is 838. The summed E-state index contributed by atoms with van der Waals surface area (Å²) in [7, 11) is 1.82. The van der Waals surface area contributed by atoms with Gasteiger partial charge in [-0.15, -0.1) is 0 Å². The summed E-state index contributed by atoms with van der Waals surface area (Å²) in [5.74, 6) is 0. The minimum Gasteiger partial charge on any atom is -0.295 e. The van der Waals surface area contributed by atoms with Crippen molar-refractivity contribution in [1.82, 2.24) is 18.9 Å². The number of benzene rings is 1. The molecule has 3 rings (SSSR count). The fourth-order valence-corrected chi connectivity index (χ4v) is 2.77. The third kappa shape index (κ3) is 2.18. The lowest BCUT2D eigenvalue weighted by atomic mass is 10.3. The highest BCUT2D eigenvalue weighted by molar-refractivity contribution is 5.75. The van der Waals surface area contributed by atoms with Crippen LogP contribution in [0.3, 0.4) is 0 Å². The molecule has 3 aromatic rings. The lowest BCUT2D eigenvalue weighted by molar-refractivity contribution is 0.590. The molecule has 0 amide bonds. The number of rotatable bonds is 4. The predicted molar refractivity (Wildman–Crippen MR) is 83.6 cm³/mol. The Morgan fingerprint density at radius 2 is 1.86 bits per heavy atom. The number of fused-ring (bicyclic) bond motifs is 1. The molecule has 0 atom stereocenters. The molecule has 5 nitrogen and oxygen atoms in total. The van der Waals surface area contributed by atoms with Crippen molar-refractivity contribution in [3.05, 3.63) is 52.2 Å². The first kappa shape index (κ1) is 13.7. The number of imidazole rings is 1. The number of hydrogen-bond donors (Lipinski definition) is 0. The first-order chi connectivity index (χ1) is 10.2. The van der Waals surface area contributed by atoms with E-state index in [4.69, 9.17) is 0 Å². The summed E-state index contributed by atoms with van der Waals surface area (Å²) in [6.07, 6.45) is 0.907. The smallest absolute Gasteiger partial charge is 0.295 e. The quantitative estimate of drug-likeness (QED) is 0.737. The topological polar surface area (TPSA) is 44.8 Å². The van der Waals surface area contributed by atoms with E-state index in [1.54, 1.807) is 4.57 Å². The van der Waals surface area contributed by atoms with Gasteiger partial charge in [0.2, 0.25) is 0 Å². The largest absolute Gasteiger partial charge is 0.329 e. The van der Waals surface area contributed by atoms with E-state index in [0.29, 0.717) is 6.54 Å². The van der Waals surface area contributed by atoms with E-state index in [0.717, 1.165) is 35.4 Å². The molecule has 0 spiro atoms. The Morgan fingerprint density at radius 1 is 1.14 bits per heavy atom. The van der Waals surface area contributed by atoms with Crippen molar-refractivity contribution in [3.63, 3.8) is 0 Å². The number of nitrogens with zero attached hydrogens (tertiary/aromatic N) is 4. The van der Waals surface area contributed by atoms with Crippen molar-refractivity contribution in [1.29, 1.82) is 0 Å². The maximum atomic E-state index is 12.5. The van der Waals surface area contributed by atoms with Crippen LogP contribution in [0.15, 0.2) is 35.1 Å². The van der Waals surface area contributed by atoms with E-state index in [1.165, 1.54) is 0 Å². The third-order valence-corrected chi connectivity index (χ3v) is 3.95. The molecule has 1 aromatic carbocycles. The summed E-state index contributed by atoms with van der Waals surface area (Å²) in [6.45, 7) is 5.54. The summed E-state index contributed by atoms with van der Waals surface area (Å²) in [5, 5.41) is 4.55. The lowest BCUT2D eigenvalue weighted by Crippen LogP contribution is -2.23. The van der Waals surface area contributed by atoms with Gasteiger partial charge in [-0.2, -0.15) is 5.10 Å². The number of aryl methyl sites for hydroxylation is 3. The molecular weight excluding hydrogens is 264 g/mol. The molecule has 0 unspecified atom stereocenters. The number of aromatic nitrogens is 4. The van der Waals surface area contributed by atoms with Gasteiger partial charge in [-0.3, -0.25) is 13.8 Å². The van der Waals surface area contributed by atoms with Crippen molar-refractivity contribution < 1.29 is 0 Å². The van der Waals surface area contributed by atoms with Gasteiger partial charge in [0.05, 0.1) is 29.0 Å². The Hall–Kier alpha value is -2.30. The Kier molecular flexibility index (Phi) is 3.41. The molecule has 0 saturated carbocycles. The van der Waals surface area contributed by atoms with E-state index in [2.05, 4.69) is 25.0 Å². The molecule has 0 radical (unpaired) electrons. The van der Waals surface area contributed by atoms with Crippen LogP contribution in [0, 0.1) is 0 Å². The highest BCUT2D eigenvalue weighted by Crippen LogP contribution is 2.14. The normalized spacial score (nSPS) is 11.4. The molecule has 0 aliphatic heterocycles. The number of para-hydroxylation sites is 2. The first-order valence-corrected chi connectivity index (χ1v) is 7.35. The maximum Gasteiger partial charge on any atom is 0.329 e. The summed E-state index contributed by atoms with van der Waals surface area (Å²) >= 11 is 0. The molecule has 0 fully saturated rings. The highest BCUT2D eigenvalue weighted by Gasteiger charge is 2.13. The van der Waals surface area contributed by atoms with Crippen LogP contribution < -0.4 is 5.69 Å². The van der Waals surface area contributed by atoms with Crippen LogP contribution in [0.1, 0.15) is 25.2 Å². The van der Waals surface area contributed by atoms with Gasteiger partial charge >= 0.3 is 5.69 Å². The summed E-state index contributed by atoms with van der Waals surface area (Å²) in [6, 6.07) is 9.98.